The average Bonchev–Trinajstić information content (AvgIpc) is 3.13. The highest BCUT2D eigenvalue weighted by Gasteiger charge is 2.40. The zero-order chi connectivity index (χ0) is 25.1. The summed E-state index contributed by atoms with van der Waals surface area (Å²) >= 11 is 0. The van der Waals surface area contributed by atoms with Crippen molar-refractivity contribution >= 4 is 18.1 Å². The Morgan fingerprint density at radius 1 is 1.38 bits per heavy atom. The Morgan fingerprint density at radius 2 is 2.09 bits per heavy atom. The van der Waals surface area contributed by atoms with Crippen molar-refractivity contribution in [1.29, 1.82) is 0 Å². The van der Waals surface area contributed by atoms with E-state index in [0.717, 1.165) is 10.5 Å². The van der Waals surface area contributed by atoms with Crippen molar-refractivity contribution in [1.82, 2.24) is 10.2 Å². The number of benzene rings is 1. The van der Waals surface area contributed by atoms with Gasteiger partial charge in [-0.15, -0.1) is 0 Å². The molecule has 2 rings (SSSR count). The molecule has 3 atom stereocenters. The van der Waals surface area contributed by atoms with Crippen LogP contribution in [0.4, 0.5) is 9.59 Å². The predicted octanol–water partition coefficient (Wildman–Crippen LogP) is 3.48. The van der Waals surface area contributed by atoms with Crippen molar-refractivity contribution in [3.63, 3.8) is 0 Å². The van der Waals surface area contributed by atoms with Crippen LogP contribution in [0.3, 0.4) is 0 Å². The number of aliphatic hydroxyl groups is 1. The summed E-state index contributed by atoms with van der Waals surface area (Å²) in [5.41, 5.74) is 9.20. The van der Waals surface area contributed by atoms with E-state index < -0.39 is 41.8 Å². The molecular weight excluding hydrogens is 442 g/mol. The second kappa shape index (κ2) is 12.6. The number of alkyl carbamates (subject to hydrolysis) is 1. The summed E-state index contributed by atoms with van der Waals surface area (Å²) in [5, 5.41) is 15.6. The van der Waals surface area contributed by atoms with Crippen LogP contribution in [0.15, 0.2) is 47.6 Å². The lowest BCUT2D eigenvalue weighted by Gasteiger charge is -2.22. The fourth-order valence-electron chi connectivity index (χ4n) is 3.35. The van der Waals surface area contributed by atoms with Gasteiger partial charge in [0.2, 0.25) is 5.91 Å². The van der Waals surface area contributed by atoms with Crippen molar-refractivity contribution in [2.45, 2.75) is 63.8 Å². The van der Waals surface area contributed by atoms with Crippen LogP contribution in [-0.4, -0.2) is 65.0 Å². The molecule has 1 saturated heterocycles. The van der Waals surface area contributed by atoms with Gasteiger partial charge in [-0.1, -0.05) is 47.6 Å². The first kappa shape index (κ1) is 26.7. The molecule has 0 aliphatic carbocycles. The molecule has 0 radical (unpaired) electrons. The Bertz CT molecular complexity index is 924. The topological polar surface area (TPSA) is 154 Å². The Balaban J connectivity index is 1.97. The number of ether oxygens (including phenoxy) is 2. The van der Waals surface area contributed by atoms with E-state index in [2.05, 4.69) is 15.3 Å². The lowest BCUT2D eigenvalue weighted by molar-refractivity contribution is -0.130. The summed E-state index contributed by atoms with van der Waals surface area (Å²) in [6.45, 7) is 4.89. The van der Waals surface area contributed by atoms with E-state index in [0.29, 0.717) is 12.8 Å². The molecular formula is C23H31N5O6. The minimum Gasteiger partial charge on any atom is -0.447 e. The Morgan fingerprint density at radius 3 is 2.71 bits per heavy atom. The normalized spacial score (nSPS) is 17.6. The minimum absolute atomic E-state index is 0.0663. The van der Waals surface area contributed by atoms with Gasteiger partial charge < -0.3 is 19.9 Å². The first-order valence-corrected chi connectivity index (χ1v) is 11.0. The number of nitrogens with zero attached hydrogens (tertiary/aromatic N) is 4. The van der Waals surface area contributed by atoms with Gasteiger partial charge in [0.1, 0.15) is 18.2 Å². The van der Waals surface area contributed by atoms with E-state index >= 15 is 0 Å². The molecule has 2 N–H and O–H groups in total. The number of amides is 3. The molecule has 0 spiro atoms. The molecule has 0 bridgehead atoms. The van der Waals surface area contributed by atoms with E-state index in [1.54, 1.807) is 32.9 Å². The maximum atomic E-state index is 13.0. The molecule has 3 amide bonds. The quantitative estimate of drug-likeness (QED) is 0.229. The lowest BCUT2D eigenvalue weighted by atomic mass is 10.0. The largest absolute Gasteiger partial charge is 0.447 e. The van der Waals surface area contributed by atoms with Crippen LogP contribution in [0.2, 0.25) is 0 Å². The van der Waals surface area contributed by atoms with Gasteiger partial charge >= 0.3 is 12.2 Å². The van der Waals surface area contributed by atoms with Crippen LogP contribution in [0.1, 0.15) is 39.2 Å². The number of hydrogen-bond donors (Lipinski definition) is 2. The van der Waals surface area contributed by atoms with E-state index in [9.17, 15) is 19.5 Å². The van der Waals surface area contributed by atoms with Crippen molar-refractivity contribution in [3.8, 4) is 0 Å². The van der Waals surface area contributed by atoms with Gasteiger partial charge in [-0.3, -0.25) is 4.79 Å². The van der Waals surface area contributed by atoms with Crippen LogP contribution in [-0.2, 0) is 20.7 Å². The first-order chi connectivity index (χ1) is 16.1. The van der Waals surface area contributed by atoms with Gasteiger partial charge in [-0.25, -0.2) is 14.5 Å². The summed E-state index contributed by atoms with van der Waals surface area (Å²) in [6, 6.07) is 7.10. The number of carbonyl (C=O) groups excluding carboxylic acids is 3. The van der Waals surface area contributed by atoms with E-state index in [1.165, 1.54) is 0 Å². The second-order valence-corrected chi connectivity index (χ2v) is 8.79. The number of carbonyl (C=O) groups is 3. The molecule has 0 aromatic heterocycles. The molecule has 11 nitrogen and oxygen atoms in total. The standard InChI is InChI=1S/C23H31N5O6/c1-23(2,3)34-21(31)25-17(14-29)11-7-8-12-19(26-27-24)20(30)28-18(15-33-22(28)32)13-16-9-5-4-6-10-16/h4-7,9-11,17-19,29H,8,12-15H2,1-3H3,(H,25,31)/b11-7-/t17-,18-,19-/m1/s1. The number of nitrogens with one attached hydrogen (secondary N) is 1. The summed E-state index contributed by atoms with van der Waals surface area (Å²) < 4.78 is 10.2. The smallest absolute Gasteiger partial charge is 0.416 e. The summed E-state index contributed by atoms with van der Waals surface area (Å²) in [4.78, 5) is 40.9. The van der Waals surface area contributed by atoms with Gasteiger partial charge in [-0.05, 0) is 51.1 Å². The monoisotopic (exact) mass is 473 g/mol. The number of cyclic esters (lactones) is 1. The highest BCUT2D eigenvalue weighted by atomic mass is 16.6. The fraction of sp³-hybridized carbons (Fsp3) is 0.522. The van der Waals surface area contributed by atoms with Crippen molar-refractivity contribution in [2.24, 2.45) is 5.11 Å². The van der Waals surface area contributed by atoms with Gasteiger partial charge in [0.05, 0.1) is 18.7 Å². The third-order valence-corrected chi connectivity index (χ3v) is 4.86. The van der Waals surface area contributed by atoms with E-state index in [-0.39, 0.29) is 19.6 Å². The molecule has 1 fully saturated rings. The molecule has 34 heavy (non-hydrogen) atoms. The molecule has 0 saturated carbocycles. The van der Waals surface area contributed by atoms with Crippen LogP contribution in [0.25, 0.3) is 10.4 Å². The van der Waals surface area contributed by atoms with Crippen LogP contribution >= 0.6 is 0 Å². The summed E-state index contributed by atoms with van der Waals surface area (Å²) in [7, 11) is 0. The highest BCUT2D eigenvalue weighted by Crippen LogP contribution is 2.21. The second-order valence-electron chi connectivity index (χ2n) is 8.79. The number of hydrogen-bond acceptors (Lipinski definition) is 7. The highest BCUT2D eigenvalue weighted by molar-refractivity contribution is 5.96. The first-order valence-electron chi connectivity index (χ1n) is 11.0. The average molecular weight is 474 g/mol. The summed E-state index contributed by atoms with van der Waals surface area (Å²) in [5.74, 6) is -0.625. The Kier molecular flexibility index (Phi) is 9.91. The predicted molar refractivity (Wildman–Crippen MR) is 124 cm³/mol. The molecule has 1 aliphatic rings. The number of rotatable bonds is 10. The number of imide groups is 1. The molecule has 1 aromatic rings. The lowest BCUT2D eigenvalue weighted by Crippen LogP contribution is -2.45. The fourth-order valence-corrected chi connectivity index (χ4v) is 3.35. The van der Waals surface area contributed by atoms with Crippen LogP contribution in [0.5, 0.6) is 0 Å². The number of aliphatic hydroxyl groups excluding tert-OH is 1. The van der Waals surface area contributed by atoms with E-state index in [4.69, 9.17) is 15.0 Å². The zero-order valence-corrected chi connectivity index (χ0v) is 19.6. The number of allylic oxidation sites excluding steroid dienone is 1. The summed E-state index contributed by atoms with van der Waals surface area (Å²) in [6.07, 6.45) is 2.63. The van der Waals surface area contributed by atoms with Gasteiger partial charge in [0.25, 0.3) is 0 Å². The van der Waals surface area contributed by atoms with Crippen molar-refractivity contribution in [2.75, 3.05) is 13.2 Å². The van der Waals surface area contributed by atoms with Gasteiger partial charge in [0, 0.05) is 4.91 Å². The third-order valence-electron chi connectivity index (χ3n) is 4.86. The molecule has 1 aromatic carbocycles. The van der Waals surface area contributed by atoms with Crippen LogP contribution < -0.4 is 5.32 Å². The molecule has 184 valence electrons. The minimum atomic E-state index is -1.11. The van der Waals surface area contributed by atoms with Gasteiger partial charge in [0.15, 0.2) is 0 Å². The molecule has 1 heterocycles. The van der Waals surface area contributed by atoms with Gasteiger partial charge in [-0.2, -0.15) is 0 Å². The zero-order valence-electron chi connectivity index (χ0n) is 19.6. The SMILES string of the molecule is CC(C)(C)OC(=O)N[C@H](/C=C\CC[C@@H](N=[N+]=[N-])C(=O)N1C(=O)OC[C@H]1Cc1ccccc1)CO. The van der Waals surface area contributed by atoms with E-state index in [1.807, 2.05) is 30.3 Å². The Hall–Kier alpha value is -3.56. The van der Waals surface area contributed by atoms with Crippen LogP contribution in [0, 0.1) is 0 Å². The molecule has 11 heteroatoms. The molecule has 1 aliphatic heterocycles. The van der Waals surface area contributed by atoms with Crippen molar-refractivity contribution in [3.05, 3.63) is 58.5 Å². The maximum absolute atomic E-state index is 13.0. The van der Waals surface area contributed by atoms with Crippen molar-refractivity contribution < 1.29 is 29.0 Å². The number of azide groups is 1. The Labute approximate surface area is 198 Å². The molecule has 0 unspecified atom stereocenters. The third kappa shape index (κ3) is 8.42. The maximum Gasteiger partial charge on any atom is 0.416 e.